The fourth-order valence-corrected chi connectivity index (χ4v) is 1.43. The molecule has 1 aromatic heterocycles. The summed E-state index contributed by atoms with van der Waals surface area (Å²) < 4.78 is 5.56. The second kappa shape index (κ2) is 2.12. The van der Waals surface area contributed by atoms with Crippen molar-refractivity contribution in [1.29, 1.82) is 0 Å². The van der Waals surface area contributed by atoms with Crippen LogP contribution in [0.1, 0.15) is 18.7 Å². The molecule has 1 aromatic carbocycles. The zero-order valence-electron chi connectivity index (χ0n) is 7.16. The summed E-state index contributed by atoms with van der Waals surface area (Å²) in [4.78, 5) is 4.35. The van der Waals surface area contributed by atoms with Gasteiger partial charge in [-0.15, -0.1) is 0 Å². The second-order valence-corrected chi connectivity index (χ2v) is 3.64. The number of para-hydroxylation sites is 2. The van der Waals surface area contributed by atoms with E-state index in [1.54, 1.807) is 0 Å². The van der Waals surface area contributed by atoms with Gasteiger partial charge in [0.25, 0.3) is 0 Å². The topological polar surface area (TPSA) is 52.0 Å². The van der Waals surface area contributed by atoms with E-state index in [-0.39, 0.29) is 5.54 Å². The van der Waals surface area contributed by atoms with Gasteiger partial charge < -0.3 is 10.2 Å². The summed E-state index contributed by atoms with van der Waals surface area (Å²) in [6.45, 7) is 0. The summed E-state index contributed by atoms with van der Waals surface area (Å²) in [5.74, 6) is 0.689. The highest BCUT2D eigenvalue weighted by Gasteiger charge is 2.44. The summed E-state index contributed by atoms with van der Waals surface area (Å²) in [6, 6.07) is 7.74. The van der Waals surface area contributed by atoms with Crippen molar-refractivity contribution in [3.63, 3.8) is 0 Å². The maximum atomic E-state index is 5.98. The van der Waals surface area contributed by atoms with Crippen LogP contribution in [0.25, 0.3) is 11.1 Å². The fourth-order valence-electron chi connectivity index (χ4n) is 1.43. The Balaban J connectivity index is 2.22. The van der Waals surface area contributed by atoms with Crippen LogP contribution in [-0.4, -0.2) is 4.98 Å². The minimum atomic E-state index is -0.265. The van der Waals surface area contributed by atoms with E-state index in [2.05, 4.69) is 4.98 Å². The van der Waals surface area contributed by atoms with Crippen LogP contribution < -0.4 is 5.73 Å². The molecule has 1 fully saturated rings. The highest BCUT2D eigenvalue weighted by Crippen LogP contribution is 2.42. The predicted octanol–water partition coefficient (Wildman–Crippen LogP) is 1.78. The molecule has 3 rings (SSSR count). The van der Waals surface area contributed by atoms with Gasteiger partial charge in [-0.05, 0) is 25.0 Å². The van der Waals surface area contributed by atoms with Crippen molar-refractivity contribution >= 4 is 11.1 Å². The Morgan fingerprint density at radius 3 is 2.77 bits per heavy atom. The molecule has 3 heteroatoms. The maximum absolute atomic E-state index is 5.98. The highest BCUT2D eigenvalue weighted by molar-refractivity contribution is 5.72. The van der Waals surface area contributed by atoms with Crippen LogP contribution in [0.3, 0.4) is 0 Å². The minimum Gasteiger partial charge on any atom is -0.439 e. The van der Waals surface area contributed by atoms with E-state index in [0.717, 1.165) is 23.9 Å². The molecule has 1 saturated carbocycles. The van der Waals surface area contributed by atoms with E-state index >= 15 is 0 Å². The molecule has 0 atom stereocenters. The SMILES string of the molecule is NC1(c2nc3ccccc3o2)CC1. The van der Waals surface area contributed by atoms with Crippen LogP contribution in [-0.2, 0) is 5.54 Å². The van der Waals surface area contributed by atoms with Crippen molar-refractivity contribution in [1.82, 2.24) is 4.98 Å². The number of hydrogen-bond donors (Lipinski definition) is 1. The van der Waals surface area contributed by atoms with Gasteiger partial charge in [0.1, 0.15) is 5.52 Å². The number of aromatic nitrogens is 1. The summed E-state index contributed by atoms with van der Waals surface area (Å²) in [6.07, 6.45) is 1.97. The number of oxazole rings is 1. The second-order valence-electron chi connectivity index (χ2n) is 3.64. The lowest BCUT2D eigenvalue weighted by molar-refractivity contribution is 0.465. The van der Waals surface area contributed by atoms with Gasteiger partial charge >= 0.3 is 0 Å². The molecule has 0 aliphatic heterocycles. The van der Waals surface area contributed by atoms with Gasteiger partial charge in [-0.1, -0.05) is 12.1 Å². The Hall–Kier alpha value is -1.35. The third kappa shape index (κ3) is 0.971. The number of hydrogen-bond acceptors (Lipinski definition) is 3. The predicted molar refractivity (Wildman–Crippen MR) is 49.1 cm³/mol. The van der Waals surface area contributed by atoms with Crippen molar-refractivity contribution < 1.29 is 4.42 Å². The molecule has 66 valence electrons. The van der Waals surface area contributed by atoms with Crippen molar-refractivity contribution in [2.45, 2.75) is 18.4 Å². The zero-order chi connectivity index (χ0) is 8.89. The zero-order valence-corrected chi connectivity index (χ0v) is 7.16. The van der Waals surface area contributed by atoms with Crippen LogP contribution in [0, 0.1) is 0 Å². The van der Waals surface area contributed by atoms with Crippen molar-refractivity contribution in [3.8, 4) is 0 Å². The molecule has 0 bridgehead atoms. The van der Waals surface area contributed by atoms with Gasteiger partial charge in [0.15, 0.2) is 5.58 Å². The standard InChI is InChI=1S/C10H10N2O/c11-10(5-6-10)9-12-7-3-1-2-4-8(7)13-9/h1-4H,5-6,11H2. The number of nitrogens with two attached hydrogens (primary N) is 1. The smallest absolute Gasteiger partial charge is 0.215 e. The number of benzene rings is 1. The van der Waals surface area contributed by atoms with E-state index < -0.39 is 0 Å². The average molecular weight is 174 g/mol. The van der Waals surface area contributed by atoms with Gasteiger partial charge in [-0.25, -0.2) is 4.98 Å². The summed E-state index contributed by atoms with van der Waals surface area (Å²) in [5, 5.41) is 0. The molecule has 0 unspecified atom stereocenters. The lowest BCUT2D eigenvalue weighted by Gasteiger charge is -1.99. The molecule has 0 saturated heterocycles. The highest BCUT2D eigenvalue weighted by atomic mass is 16.4. The normalized spacial score (nSPS) is 19.2. The molecule has 1 aliphatic rings. The molecule has 1 aliphatic carbocycles. The molecule has 2 aromatic rings. The molecule has 0 radical (unpaired) electrons. The fraction of sp³-hybridized carbons (Fsp3) is 0.300. The molecule has 2 N–H and O–H groups in total. The van der Waals surface area contributed by atoms with Crippen molar-refractivity contribution in [2.24, 2.45) is 5.73 Å². The van der Waals surface area contributed by atoms with Gasteiger partial charge in [0, 0.05) is 0 Å². The van der Waals surface area contributed by atoms with Crippen LogP contribution in [0.5, 0.6) is 0 Å². The summed E-state index contributed by atoms with van der Waals surface area (Å²) >= 11 is 0. The number of rotatable bonds is 1. The van der Waals surface area contributed by atoms with Crippen molar-refractivity contribution in [2.75, 3.05) is 0 Å². The minimum absolute atomic E-state index is 0.265. The Morgan fingerprint density at radius 1 is 1.31 bits per heavy atom. The van der Waals surface area contributed by atoms with Gasteiger partial charge in [0.05, 0.1) is 5.54 Å². The molecule has 3 nitrogen and oxygen atoms in total. The Bertz CT molecular complexity index is 424. The maximum Gasteiger partial charge on any atom is 0.215 e. The van der Waals surface area contributed by atoms with E-state index in [1.165, 1.54) is 0 Å². The molecule has 1 heterocycles. The lowest BCUT2D eigenvalue weighted by Crippen LogP contribution is -2.18. The largest absolute Gasteiger partial charge is 0.439 e. The van der Waals surface area contributed by atoms with Gasteiger partial charge in [-0.3, -0.25) is 0 Å². The van der Waals surface area contributed by atoms with Gasteiger partial charge in [0.2, 0.25) is 5.89 Å². The Labute approximate surface area is 75.6 Å². The quantitative estimate of drug-likeness (QED) is 0.716. The first-order valence-electron chi connectivity index (χ1n) is 4.43. The van der Waals surface area contributed by atoms with E-state index in [0.29, 0.717) is 5.89 Å². The van der Waals surface area contributed by atoms with Crippen molar-refractivity contribution in [3.05, 3.63) is 30.2 Å². The van der Waals surface area contributed by atoms with Crippen LogP contribution >= 0.6 is 0 Å². The number of nitrogens with zero attached hydrogens (tertiary/aromatic N) is 1. The van der Waals surface area contributed by atoms with E-state index in [9.17, 15) is 0 Å². The van der Waals surface area contributed by atoms with Gasteiger partial charge in [-0.2, -0.15) is 0 Å². The van der Waals surface area contributed by atoms with E-state index in [1.807, 2.05) is 24.3 Å². The van der Waals surface area contributed by atoms with Crippen LogP contribution in [0.15, 0.2) is 28.7 Å². The number of fused-ring (bicyclic) bond motifs is 1. The monoisotopic (exact) mass is 174 g/mol. The molecule has 13 heavy (non-hydrogen) atoms. The summed E-state index contributed by atoms with van der Waals surface area (Å²) in [5.41, 5.74) is 7.44. The first kappa shape index (κ1) is 7.09. The first-order chi connectivity index (χ1) is 6.28. The van der Waals surface area contributed by atoms with Crippen LogP contribution in [0.2, 0.25) is 0 Å². The first-order valence-corrected chi connectivity index (χ1v) is 4.43. The third-order valence-corrected chi connectivity index (χ3v) is 2.51. The molecule has 0 amide bonds. The average Bonchev–Trinajstić information content (AvgIpc) is 2.76. The Morgan fingerprint density at radius 2 is 2.08 bits per heavy atom. The van der Waals surface area contributed by atoms with E-state index in [4.69, 9.17) is 10.2 Å². The van der Waals surface area contributed by atoms with Crippen LogP contribution in [0.4, 0.5) is 0 Å². The molecule has 0 spiro atoms. The summed E-state index contributed by atoms with van der Waals surface area (Å²) in [7, 11) is 0. The molecular formula is C10H10N2O. The third-order valence-electron chi connectivity index (χ3n) is 2.51. The lowest BCUT2D eigenvalue weighted by atomic mass is 10.3. The Kier molecular flexibility index (Phi) is 1.15. The molecular weight excluding hydrogens is 164 g/mol.